The van der Waals surface area contributed by atoms with Gasteiger partial charge in [0.25, 0.3) is 0 Å². The van der Waals surface area contributed by atoms with Crippen molar-refractivity contribution in [3.8, 4) is 0 Å². The van der Waals surface area contributed by atoms with Gasteiger partial charge in [0.05, 0.1) is 6.61 Å². The SMILES string of the molecule is CC(=CCC/C(C)=C/CO)CC/C=C(\C)CC/C=C(\C)CN=[N+]=[N-]. The molecule has 0 heterocycles. The molecule has 0 unspecified atom stereocenters. The van der Waals surface area contributed by atoms with Gasteiger partial charge in [-0.2, -0.15) is 0 Å². The van der Waals surface area contributed by atoms with E-state index in [1.807, 2.05) is 13.0 Å². The zero-order valence-corrected chi connectivity index (χ0v) is 15.8. The Hall–Kier alpha value is -1.77. The van der Waals surface area contributed by atoms with Crippen LogP contribution in [0.3, 0.4) is 0 Å². The lowest BCUT2D eigenvalue weighted by Gasteiger charge is -2.02. The van der Waals surface area contributed by atoms with Gasteiger partial charge in [-0.05, 0) is 71.8 Å². The van der Waals surface area contributed by atoms with Crippen molar-refractivity contribution in [3.05, 3.63) is 57.0 Å². The van der Waals surface area contributed by atoms with E-state index in [0.717, 1.165) is 44.1 Å². The number of aliphatic hydroxyl groups excluding tert-OH is 1. The molecule has 0 aliphatic heterocycles. The van der Waals surface area contributed by atoms with Gasteiger partial charge >= 0.3 is 0 Å². The quantitative estimate of drug-likeness (QED) is 0.191. The van der Waals surface area contributed by atoms with Crippen molar-refractivity contribution in [1.29, 1.82) is 0 Å². The van der Waals surface area contributed by atoms with Crippen molar-refractivity contribution in [3.63, 3.8) is 0 Å². The average Bonchev–Trinajstić information content (AvgIpc) is 2.53. The Labute approximate surface area is 147 Å². The highest BCUT2D eigenvalue weighted by Crippen LogP contribution is 2.13. The third-order valence-corrected chi connectivity index (χ3v) is 3.92. The maximum absolute atomic E-state index is 8.82. The average molecular weight is 332 g/mol. The van der Waals surface area contributed by atoms with Crippen molar-refractivity contribution in [1.82, 2.24) is 0 Å². The third-order valence-electron chi connectivity index (χ3n) is 3.92. The summed E-state index contributed by atoms with van der Waals surface area (Å²) in [5.74, 6) is 0. The van der Waals surface area contributed by atoms with Crippen LogP contribution in [0.1, 0.15) is 66.2 Å². The first-order chi connectivity index (χ1) is 11.5. The molecule has 1 N–H and O–H groups in total. The summed E-state index contributed by atoms with van der Waals surface area (Å²) >= 11 is 0. The summed E-state index contributed by atoms with van der Waals surface area (Å²) in [5.41, 5.74) is 13.5. The fourth-order valence-corrected chi connectivity index (χ4v) is 2.31. The molecule has 0 saturated heterocycles. The predicted octanol–water partition coefficient (Wildman–Crippen LogP) is 6.41. The summed E-state index contributed by atoms with van der Waals surface area (Å²) in [4.78, 5) is 2.77. The minimum absolute atomic E-state index is 0.138. The molecule has 0 aromatic rings. The van der Waals surface area contributed by atoms with E-state index in [1.165, 1.54) is 16.7 Å². The zero-order chi connectivity index (χ0) is 18.2. The number of hydrogen-bond acceptors (Lipinski definition) is 2. The van der Waals surface area contributed by atoms with Gasteiger partial charge in [-0.25, -0.2) is 0 Å². The van der Waals surface area contributed by atoms with Crippen LogP contribution < -0.4 is 0 Å². The molecular weight excluding hydrogens is 298 g/mol. The minimum atomic E-state index is 0.138. The number of nitrogens with zero attached hydrogens (tertiary/aromatic N) is 3. The number of rotatable bonds is 12. The molecule has 0 spiro atoms. The van der Waals surface area contributed by atoms with Crippen LogP contribution in [0.15, 0.2) is 51.7 Å². The smallest absolute Gasteiger partial charge is 0.0614 e. The summed E-state index contributed by atoms with van der Waals surface area (Å²) in [5, 5.41) is 12.4. The second kappa shape index (κ2) is 14.8. The Morgan fingerprint density at radius 1 is 0.792 bits per heavy atom. The molecule has 0 saturated carbocycles. The molecule has 4 heteroatoms. The van der Waals surface area contributed by atoms with Crippen molar-refractivity contribution in [2.24, 2.45) is 5.11 Å². The van der Waals surface area contributed by atoms with E-state index in [9.17, 15) is 0 Å². The van der Waals surface area contributed by atoms with Crippen molar-refractivity contribution >= 4 is 0 Å². The molecule has 0 rings (SSSR count). The second-order valence-electron chi connectivity index (χ2n) is 6.39. The Morgan fingerprint density at radius 3 is 1.62 bits per heavy atom. The topological polar surface area (TPSA) is 69.0 Å². The standard InChI is InChI=1S/C20H33N3O/c1-17(10-6-12-19(3)14-15-24)8-5-9-18(2)11-7-13-20(4)16-22-23-21/h9-10,13-14,24H,5-8,11-12,15-16H2,1-4H3/b17-10?,18-9+,19-14+,20-13+. The molecule has 0 bridgehead atoms. The van der Waals surface area contributed by atoms with Crippen LogP contribution in [0.4, 0.5) is 0 Å². The highest BCUT2D eigenvalue weighted by atomic mass is 16.2. The third kappa shape index (κ3) is 13.9. The maximum atomic E-state index is 8.82. The fourth-order valence-electron chi connectivity index (χ4n) is 2.31. The van der Waals surface area contributed by atoms with Gasteiger partial charge in [0, 0.05) is 11.5 Å². The summed E-state index contributed by atoms with van der Waals surface area (Å²) in [6, 6.07) is 0. The number of allylic oxidation sites excluding steroid dienone is 6. The largest absolute Gasteiger partial charge is 0.392 e. The molecule has 0 aromatic heterocycles. The van der Waals surface area contributed by atoms with E-state index in [4.69, 9.17) is 10.6 Å². The van der Waals surface area contributed by atoms with Gasteiger partial charge in [0.2, 0.25) is 0 Å². The van der Waals surface area contributed by atoms with Crippen LogP contribution in [-0.2, 0) is 0 Å². The predicted molar refractivity (Wildman–Crippen MR) is 104 cm³/mol. The van der Waals surface area contributed by atoms with Gasteiger partial charge in [-0.1, -0.05) is 51.7 Å². The number of aliphatic hydroxyl groups is 1. The molecule has 0 aromatic carbocycles. The fraction of sp³-hybridized carbons (Fsp3) is 0.600. The number of azide groups is 1. The Bertz CT molecular complexity index is 521. The molecule has 0 fully saturated rings. The van der Waals surface area contributed by atoms with Crippen LogP contribution in [0.2, 0.25) is 0 Å². The number of hydrogen-bond donors (Lipinski definition) is 1. The lowest BCUT2D eigenvalue weighted by atomic mass is 10.0. The lowest BCUT2D eigenvalue weighted by molar-refractivity contribution is 0.341. The van der Waals surface area contributed by atoms with E-state index in [-0.39, 0.29) is 6.61 Å². The van der Waals surface area contributed by atoms with Crippen LogP contribution in [0.5, 0.6) is 0 Å². The van der Waals surface area contributed by atoms with E-state index in [0.29, 0.717) is 6.54 Å². The molecule has 4 nitrogen and oxygen atoms in total. The second-order valence-corrected chi connectivity index (χ2v) is 6.39. The molecule has 0 radical (unpaired) electrons. The molecule has 0 amide bonds. The van der Waals surface area contributed by atoms with Crippen molar-refractivity contribution < 1.29 is 5.11 Å². The first kappa shape index (κ1) is 22.2. The normalized spacial score (nSPS) is 13.9. The molecule has 24 heavy (non-hydrogen) atoms. The van der Waals surface area contributed by atoms with E-state index >= 15 is 0 Å². The summed E-state index contributed by atoms with van der Waals surface area (Å²) in [6.45, 7) is 9.04. The maximum Gasteiger partial charge on any atom is 0.0614 e. The van der Waals surface area contributed by atoms with E-state index in [1.54, 1.807) is 0 Å². The summed E-state index contributed by atoms with van der Waals surface area (Å²) < 4.78 is 0. The van der Waals surface area contributed by atoms with Gasteiger partial charge < -0.3 is 5.11 Å². The van der Waals surface area contributed by atoms with Crippen molar-refractivity contribution in [2.45, 2.75) is 66.2 Å². The molecule has 0 aliphatic rings. The molecule has 0 aliphatic carbocycles. The monoisotopic (exact) mass is 331 g/mol. The van der Waals surface area contributed by atoms with E-state index in [2.05, 4.69) is 49.0 Å². The first-order valence-electron chi connectivity index (χ1n) is 8.73. The highest BCUT2D eigenvalue weighted by molar-refractivity contribution is 5.07. The van der Waals surface area contributed by atoms with Gasteiger partial charge in [-0.3, -0.25) is 0 Å². The Kier molecular flexibility index (Phi) is 13.7. The first-order valence-corrected chi connectivity index (χ1v) is 8.73. The van der Waals surface area contributed by atoms with E-state index < -0.39 is 0 Å². The van der Waals surface area contributed by atoms with Crippen LogP contribution in [0.25, 0.3) is 10.4 Å². The minimum Gasteiger partial charge on any atom is -0.392 e. The molecule has 0 atom stereocenters. The Morgan fingerprint density at radius 2 is 1.21 bits per heavy atom. The van der Waals surface area contributed by atoms with Crippen LogP contribution in [0, 0.1) is 0 Å². The lowest BCUT2D eigenvalue weighted by Crippen LogP contribution is -1.84. The molecular formula is C20H33N3O. The Balaban J connectivity index is 4.03. The van der Waals surface area contributed by atoms with Gasteiger partial charge in [-0.15, -0.1) is 0 Å². The molecule has 134 valence electrons. The zero-order valence-electron chi connectivity index (χ0n) is 15.8. The van der Waals surface area contributed by atoms with Crippen LogP contribution in [-0.4, -0.2) is 18.3 Å². The van der Waals surface area contributed by atoms with Gasteiger partial charge in [0.15, 0.2) is 0 Å². The van der Waals surface area contributed by atoms with Crippen LogP contribution >= 0.6 is 0 Å². The highest BCUT2D eigenvalue weighted by Gasteiger charge is 1.94. The summed E-state index contributed by atoms with van der Waals surface area (Å²) in [6.07, 6.45) is 15.0. The van der Waals surface area contributed by atoms with Crippen molar-refractivity contribution in [2.75, 3.05) is 13.2 Å². The van der Waals surface area contributed by atoms with Gasteiger partial charge in [0.1, 0.15) is 0 Å². The summed E-state index contributed by atoms with van der Waals surface area (Å²) in [7, 11) is 0.